The fraction of sp³-hybridized carbons (Fsp3) is 0.444. The van der Waals surface area contributed by atoms with E-state index >= 15 is 0 Å². The second kappa shape index (κ2) is 6.65. The first-order chi connectivity index (χ1) is 11.5. The van der Waals surface area contributed by atoms with Crippen molar-refractivity contribution in [2.45, 2.75) is 38.2 Å². The summed E-state index contributed by atoms with van der Waals surface area (Å²) in [7, 11) is 1.61. The number of methoxy groups -OCH3 is 1. The van der Waals surface area contributed by atoms with Crippen LogP contribution in [-0.2, 0) is 0 Å². The van der Waals surface area contributed by atoms with Crippen molar-refractivity contribution in [3.63, 3.8) is 0 Å². The van der Waals surface area contributed by atoms with Gasteiger partial charge in [0.15, 0.2) is 0 Å². The molecule has 1 fully saturated rings. The molecular weight excluding hydrogens is 306 g/mol. The third-order valence-electron chi connectivity index (χ3n) is 4.56. The number of hydrogen-bond donors (Lipinski definition) is 3. The van der Waals surface area contributed by atoms with Crippen LogP contribution in [-0.4, -0.2) is 40.2 Å². The topological polar surface area (TPSA) is 87.2 Å². The molecule has 0 unspecified atom stereocenters. The summed E-state index contributed by atoms with van der Waals surface area (Å²) in [6.45, 7) is 2.09. The summed E-state index contributed by atoms with van der Waals surface area (Å²) < 4.78 is 5.22. The van der Waals surface area contributed by atoms with Gasteiger partial charge in [0.1, 0.15) is 17.3 Å². The summed E-state index contributed by atoms with van der Waals surface area (Å²) in [5.74, 6) is 1.09. The Bertz CT molecular complexity index is 733. The van der Waals surface area contributed by atoms with Crippen molar-refractivity contribution in [1.29, 1.82) is 0 Å². The Hall–Kier alpha value is -2.34. The maximum Gasteiger partial charge on any atom is 0.271 e. The van der Waals surface area contributed by atoms with Crippen LogP contribution < -0.4 is 10.1 Å². The second-order valence-electron chi connectivity index (χ2n) is 6.41. The van der Waals surface area contributed by atoms with Gasteiger partial charge in [-0.15, -0.1) is 0 Å². The Labute approximate surface area is 141 Å². The van der Waals surface area contributed by atoms with Crippen molar-refractivity contribution in [2.24, 2.45) is 0 Å². The van der Waals surface area contributed by atoms with Gasteiger partial charge in [-0.2, -0.15) is 0 Å². The molecule has 1 aromatic heterocycles. The quantitative estimate of drug-likeness (QED) is 0.786. The first kappa shape index (κ1) is 16.5. The number of nitrogens with zero attached hydrogens (tertiary/aromatic N) is 1. The van der Waals surface area contributed by atoms with Crippen LogP contribution in [0.2, 0.25) is 0 Å². The lowest BCUT2D eigenvalue weighted by Crippen LogP contribution is -2.41. The van der Waals surface area contributed by atoms with Gasteiger partial charge in [0.25, 0.3) is 5.91 Å². The number of nitrogens with one attached hydrogen (secondary N) is 2. The van der Waals surface area contributed by atoms with E-state index in [1.54, 1.807) is 7.11 Å². The van der Waals surface area contributed by atoms with E-state index in [1.165, 1.54) is 0 Å². The van der Waals surface area contributed by atoms with Crippen LogP contribution >= 0.6 is 0 Å². The summed E-state index contributed by atoms with van der Waals surface area (Å²) in [5.41, 5.74) is 1.14. The van der Waals surface area contributed by atoms with Gasteiger partial charge in [-0.1, -0.05) is 25.0 Å². The van der Waals surface area contributed by atoms with Crippen molar-refractivity contribution in [3.05, 3.63) is 35.7 Å². The number of imidazole rings is 1. The molecule has 0 radical (unpaired) electrons. The summed E-state index contributed by atoms with van der Waals surface area (Å²) >= 11 is 0. The zero-order valence-electron chi connectivity index (χ0n) is 14.1. The number of amides is 1. The molecule has 1 saturated carbocycles. The fourth-order valence-corrected chi connectivity index (χ4v) is 3.13. The molecule has 1 aromatic carbocycles. The van der Waals surface area contributed by atoms with Crippen LogP contribution in [0.25, 0.3) is 11.4 Å². The molecule has 3 N–H and O–H groups in total. The number of aromatic nitrogens is 2. The van der Waals surface area contributed by atoms with E-state index in [1.807, 2.05) is 31.2 Å². The van der Waals surface area contributed by atoms with E-state index in [2.05, 4.69) is 15.3 Å². The largest absolute Gasteiger partial charge is 0.497 e. The van der Waals surface area contributed by atoms with Crippen molar-refractivity contribution >= 4 is 5.91 Å². The Morgan fingerprint density at radius 1 is 1.42 bits per heavy atom. The normalized spacial score (nSPS) is 16.1. The van der Waals surface area contributed by atoms with Gasteiger partial charge in [-0.05, 0) is 31.9 Å². The molecule has 0 bridgehead atoms. The zero-order chi connectivity index (χ0) is 17.2. The first-order valence-corrected chi connectivity index (χ1v) is 8.22. The van der Waals surface area contributed by atoms with Gasteiger partial charge in [0, 0.05) is 17.8 Å². The van der Waals surface area contributed by atoms with Crippen LogP contribution in [0.4, 0.5) is 0 Å². The van der Waals surface area contributed by atoms with Gasteiger partial charge < -0.3 is 20.1 Å². The van der Waals surface area contributed by atoms with Gasteiger partial charge >= 0.3 is 0 Å². The van der Waals surface area contributed by atoms with Crippen LogP contribution in [0.3, 0.4) is 0 Å². The van der Waals surface area contributed by atoms with Crippen molar-refractivity contribution in [2.75, 3.05) is 13.7 Å². The monoisotopic (exact) mass is 329 g/mol. The summed E-state index contributed by atoms with van der Waals surface area (Å²) in [6.07, 6.45) is 3.49. The molecule has 1 amide bonds. The molecule has 128 valence electrons. The predicted octanol–water partition coefficient (Wildman–Crippen LogP) is 2.43. The smallest absolute Gasteiger partial charge is 0.271 e. The number of aliphatic hydroxyl groups is 1. The number of carbonyl (C=O) groups excluding carboxylic acids is 1. The number of hydrogen-bond acceptors (Lipinski definition) is 4. The number of rotatable bonds is 5. The minimum absolute atomic E-state index is 0.266. The Kier molecular flexibility index (Phi) is 4.57. The number of H-pyrrole nitrogens is 1. The standard InChI is InChI=1S/C18H23N3O3/c1-12-15(17(22)19-11-18(23)8-3-4-9-18)21-16(20-12)13-6-5-7-14(10-13)24-2/h5-7,10,23H,3-4,8-9,11H2,1-2H3,(H,19,22)(H,20,21). The highest BCUT2D eigenvalue weighted by Gasteiger charge is 2.31. The second-order valence-corrected chi connectivity index (χ2v) is 6.41. The lowest BCUT2D eigenvalue weighted by Gasteiger charge is -2.22. The lowest BCUT2D eigenvalue weighted by molar-refractivity contribution is 0.0448. The highest BCUT2D eigenvalue weighted by atomic mass is 16.5. The average molecular weight is 329 g/mol. The molecule has 0 saturated heterocycles. The molecule has 1 aliphatic rings. The van der Waals surface area contributed by atoms with Gasteiger partial charge in [0.2, 0.25) is 0 Å². The van der Waals surface area contributed by atoms with Crippen LogP contribution in [0.1, 0.15) is 41.9 Å². The molecule has 6 heteroatoms. The maximum absolute atomic E-state index is 12.4. The molecule has 0 atom stereocenters. The molecule has 24 heavy (non-hydrogen) atoms. The Balaban J connectivity index is 1.74. The summed E-state index contributed by atoms with van der Waals surface area (Å²) in [4.78, 5) is 20.0. The molecule has 0 spiro atoms. The number of ether oxygens (including phenoxy) is 1. The molecule has 1 heterocycles. The number of aromatic amines is 1. The number of benzene rings is 1. The third-order valence-corrected chi connectivity index (χ3v) is 4.56. The van der Waals surface area contributed by atoms with Crippen LogP contribution in [0.15, 0.2) is 24.3 Å². The predicted molar refractivity (Wildman–Crippen MR) is 91.1 cm³/mol. The molecule has 1 aliphatic carbocycles. The van der Waals surface area contributed by atoms with Crippen molar-refractivity contribution in [1.82, 2.24) is 15.3 Å². The van der Waals surface area contributed by atoms with E-state index in [9.17, 15) is 9.90 Å². The molecular formula is C18H23N3O3. The lowest BCUT2D eigenvalue weighted by atomic mass is 10.0. The van der Waals surface area contributed by atoms with E-state index in [-0.39, 0.29) is 12.5 Å². The Morgan fingerprint density at radius 2 is 2.17 bits per heavy atom. The van der Waals surface area contributed by atoms with Gasteiger partial charge in [0.05, 0.1) is 12.7 Å². The molecule has 0 aliphatic heterocycles. The minimum Gasteiger partial charge on any atom is -0.497 e. The van der Waals surface area contributed by atoms with E-state index < -0.39 is 5.60 Å². The van der Waals surface area contributed by atoms with E-state index in [0.29, 0.717) is 17.2 Å². The Morgan fingerprint density at radius 3 is 2.88 bits per heavy atom. The van der Waals surface area contributed by atoms with Crippen LogP contribution in [0, 0.1) is 6.92 Å². The zero-order valence-corrected chi connectivity index (χ0v) is 14.1. The van der Waals surface area contributed by atoms with Crippen molar-refractivity contribution in [3.8, 4) is 17.1 Å². The highest BCUT2D eigenvalue weighted by Crippen LogP contribution is 2.28. The first-order valence-electron chi connectivity index (χ1n) is 8.22. The van der Waals surface area contributed by atoms with E-state index in [0.717, 1.165) is 37.0 Å². The fourth-order valence-electron chi connectivity index (χ4n) is 3.13. The molecule has 3 rings (SSSR count). The third kappa shape index (κ3) is 3.43. The molecule has 2 aromatic rings. The van der Waals surface area contributed by atoms with Gasteiger partial charge in [-0.3, -0.25) is 4.79 Å². The minimum atomic E-state index is -0.768. The number of carbonyl (C=O) groups is 1. The SMILES string of the molecule is COc1cccc(-c2nc(C(=O)NCC3(O)CCCC3)c(C)[nH]2)c1. The maximum atomic E-state index is 12.4. The van der Waals surface area contributed by atoms with E-state index in [4.69, 9.17) is 4.74 Å². The summed E-state index contributed by atoms with van der Waals surface area (Å²) in [5, 5.41) is 13.2. The number of aryl methyl sites for hydroxylation is 1. The van der Waals surface area contributed by atoms with Crippen LogP contribution in [0.5, 0.6) is 5.75 Å². The molecule has 6 nitrogen and oxygen atoms in total. The highest BCUT2D eigenvalue weighted by molar-refractivity contribution is 5.94. The van der Waals surface area contributed by atoms with Crippen molar-refractivity contribution < 1.29 is 14.6 Å². The summed E-state index contributed by atoms with van der Waals surface area (Å²) in [6, 6.07) is 7.50. The van der Waals surface area contributed by atoms with Gasteiger partial charge in [-0.25, -0.2) is 4.98 Å². The average Bonchev–Trinajstić information content (AvgIpc) is 3.19.